The van der Waals surface area contributed by atoms with Crippen LogP contribution in [-0.4, -0.2) is 12.5 Å². The molecule has 0 heterocycles. The van der Waals surface area contributed by atoms with Crippen LogP contribution >= 0.6 is 15.9 Å². The summed E-state index contributed by atoms with van der Waals surface area (Å²) in [6.07, 6.45) is 0. The van der Waals surface area contributed by atoms with Crippen LogP contribution in [0.2, 0.25) is 0 Å². The molecule has 0 aliphatic heterocycles. The standard InChI is InChI=1S/C15H15BrFN3O/c1-2-19-15(21)11-5-3-9(18)7-14(11)20-10-4-6-13(17)12(16)8-10/h3-8,20H,2,18H2,1H3,(H,19,21). The van der Waals surface area contributed by atoms with Gasteiger partial charge in [-0.2, -0.15) is 0 Å². The average Bonchev–Trinajstić information content (AvgIpc) is 2.43. The number of nitrogens with two attached hydrogens (primary N) is 1. The third-order valence-corrected chi connectivity index (χ3v) is 3.43. The second kappa shape index (κ2) is 6.58. The minimum Gasteiger partial charge on any atom is -0.399 e. The summed E-state index contributed by atoms with van der Waals surface area (Å²) in [5.74, 6) is -0.543. The number of carbonyl (C=O) groups excluding carboxylic acids is 1. The van der Waals surface area contributed by atoms with Crippen molar-refractivity contribution in [2.24, 2.45) is 0 Å². The maximum Gasteiger partial charge on any atom is 0.253 e. The summed E-state index contributed by atoms with van der Waals surface area (Å²) >= 11 is 3.13. The Morgan fingerprint density at radius 1 is 1.29 bits per heavy atom. The molecule has 110 valence electrons. The average molecular weight is 352 g/mol. The molecule has 0 aliphatic rings. The van der Waals surface area contributed by atoms with Crippen molar-refractivity contribution in [1.82, 2.24) is 5.32 Å². The van der Waals surface area contributed by atoms with Crippen LogP contribution in [0.1, 0.15) is 17.3 Å². The number of nitrogens with one attached hydrogen (secondary N) is 2. The zero-order valence-corrected chi connectivity index (χ0v) is 13.0. The van der Waals surface area contributed by atoms with Gasteiger partial charge in [0.1, 0.15) is 5.82 Å². The van der Waals surface area contributed by atoms with Crippen LogP contribution in [0.5, 0.6) is 0 Å². The number of hydrogen-bond donors (Lipinski definition) is 3. The Bertz CT molecular complexity index is 676. The first kappa shape index (κ1) is 15.3. The van der Waals surface area contributed by atoms with Gasteiger partial charge in [0.15, 0.2) is 0 Å². The summed E-state index contributed by atoms with van der Waals surface area (Å²) in [6.45, 7) is 2.38. The lowest BCUT2D eigenvalue weighted by atomic mass is 10.1. The summed E-state index contributed by atoms with van der Waals surface area (Å²) in [5.41, 5.74) is 8.00. The third kappa shape index (κ3) is 3.72. The molecule has 2 aromatic rings. The second-order valence-corrected chi connectivity index (χ2v) is 5.27. The van der Waals surface area contributed by atoms with Gasteiger partial charge < -0.3 is 16.4 Å². The highest BCUT2D eigenvalue weighted by Crippen LogP contribution is 2.26. The molecule has 0 spiro atoms. The van der Waals surface area contributed by atoms with Gasteiger partial charge in [0.2, 0.25) is 0 Å². The predicted molar refractivity (Wildman–Crippen MR) is 86.2 cm³/mol. The smallest absolute Gasteiger partial charge is 0.253 e. The number of halogens is 2. The van der Waals surface area contributed by atoms with E-state index < -0.39 is 0 Å². The van der Waals surface area contributed by atoms with Gasteiger partial charge in [0.05, 0.1) is 15.7 Å². The SMILES string of the molecule is CCNC(=O)c1ccc(N)cc1Nc1ccc(F)c(Br)c1. The van der Waals surface area contributed by atoms with E-state index in [1.54, 1.807) is 30.3 Å². The normalized spacial score (nSPS) is 10.2. The lowest BCUT2D eigenvalue weighted by Crippen LogP contribution is -2.23. The van der Waals surface area contributed by atoms with E-state index in [-0.39, 0.29) is 11.7 Å². The Kier molecular flexibility index (Phi) is 4.80. The minimum atomic E-state index is -0.350. The van der Waals surface area contributed by atoms with Gasteiger partial charge >= 0.3 is 0 Å². The first-order chi connectivity index (χ1) is 10.0. The Hall–Kier alpha value is -2.08. The number of anilines is 3. The summed E-state index contributed by atoms with van der Waals surface area (Å²) in [6, 6.07) is 9.51. The molecule has 0 aromatic heterocycles. The van der Waals surface area contributed by atoms with Crippen LogP contribution in [0.25, 0.3) is 0 Å². The number of rotatable bonds is 4. The molecule has 4 nitrogen and oxygen atoms in total. The van der Waals surface area contributed by atoms with Gasteiger partial charge in [-0.1, -0.05) is 0 Å². The zero-order valence-electron chi connectivity index (χ0n) is 11.4. The van der Waals surface area contributed by atoms with Crippen molar-refractivity contribution >= 4 is 38.9 Å². The molecule has 0 unspecified atom stereocenters. The molecular formula is C15H15BrFN3O. The Morgan fingerprint density at radius 3 is 2.71 bits per heavy atom. The molecule has 0 fully saturated rings. The van der Waals surface area contributed by atoms with E-state index in [2.05, 4.69) is 26.6 Å². The van der Waals surface area contributed by atoms with Gasteiger partial charge in [-0.3, -0.25) is 4.79 Å². The quantitative estimate of drug-likeness (QED) is 0.736. The van der Waals surface area contributed by atoms with E-state index in [0.717, 1.165) is 0 Å². The van der Waals surface area contributed by atoms with Crippen LogP contribution in [0.3, 0.4) is 0 Å². The van der Waals surface area contributed by atoms with Crippen molar-refractivity contribution in [3.8, 4) is 0 Å². The number of nitrogen functional groups attached to an aromatic ring is 1. The summed E-state index contributed by atoms with van der Waals surface area (Å²) in [5, 5.41) is 5.82. The van der Waals surface area contributed by atoms with Crippen LogP contribution in [0.4, 0.5) is 21.5 Å². The van der Waals surface area contributed by atoms with Gasteiger partial charge in [-0.25, -0.2) is 4.39 Å². The maximum absolute atomic E-state index is 13.3. The topological polar surface area (TPSA) is 67.2 Å². The van der Waals surface area contributed by atoms with Crippen molar-refractivity contribution in [3.63, 3.8) is 0 Å². The van der Waals surface area contributed by atoms with Gasteiger partial charge in [0.25, 0.3) is 5.91 Å². The van der Waals surface area contributed by atoms with Crippen molar-refractivity contribution in [2.45, 2.75) is 6.92 Å². The van der Waals surface area contributed by atoms with Gasteiger partial charge in [-0.05, 0) is 59.3 Å². The highest BCUT2D eigenvalue weighted by molar-refractivity contribution is 9.10. The fourth-order valence-corrected chi connectivity index (χ4v) is 2.23. The number of amides is 1. The first-order valence-electron chi connectivity index (χ1n) is 6.41. The molecule has 0 saturated carbocycles. The van der Waals surface area contributed by atoms with Crippen molar-refractivity contribution < 1.29 is 9.18 Å². The monoisotopic (exact) mass is 351 g/mol. The number of hydrogen-bond acceptors (Lipinski definition) is 3. The van der Waals surface area contributed by atoms with Gasteiger partial charge in [-0.15, -0.1) is 0 Å². The highest BCUT2D eigenvalue weighted by atomic mass is 79.9. The van der Waals surface area contributed by atoms with Crippen LogP contribution in [0, 0.1) is 5.82 Å². The molecule has 0 radical (unpaired) electrons. The molecule has 2 rings (SSSR count). The van der Waals surface area contributed by atoms with Crippen molar-refractivity contribution in [3.05, 3.63) is 52.3 Å². The van der Waals surface area contributed by atoms with Crippen LogP contribution < -0.4 is 16.4 Å². The fraction of sp³-hybridized carbons (Fsp3) is 0.133. The molecule has 1 amide bonds. The second-order valence-electron chi connectivity index (χ2n) is 4.42. The molecule has 0 saturated heterocycles. The van der Waals surface area contributed by atoms with Crippen LogP contribution in [0.15, 0.2) is 40.9 Å². The predicted octanol–water partition coefficient (Wildman–Crippen LogP) is 3.66. The Labute approximate surface area is 130 Å². The summed E-state index contributed by atoms with van der Waals surface area (Å²) in [7, 11) is 0. The number of carbonyl (C=O) groups is 1. The molecule has 4 N–H and O–H groups in total. The van der Waals surface area contributed by atoms with E-state index in [4.69, 9.17) is 5.73 Å². The highest BCUT2D eigenvalue weighted by Gasteiger charge is 2.11. The summed E-state index contributed by atoms with van der Waals surface area (Å²) < 4.78 is 13.6. The third-order valence-electron chi connectivity index (χ3n) is 2.82. The van der Waals surface area contributed by atoms with E-state index in [0.29, 0.717) is 33.6 Å². The van der Waals surface area contributed by atoms with Crippen molar-refractivity contribution in [1.29, 1.82) is 0 Å². The Balaban J connectivity index is 2.35. The van der Waals surface area contributed by atoms with E-state index in [9.17, 15) is 9.18 Å². The molecule has 21 heavy (non-hydrogen) atoms. The molecule has 6 heteroatoms. The van der Waals surface area contributed by atoms with Crippen LogP contribution in [-0.2, 0) is 0 Å². The molecular weight excluding hydrogens is 337 g/mol. The molecule has 0 bridgehead atoms. The molecule has 0 aliphatic carbocycles. The van der Waals surface area contributed by atoms with E-state index in [1.165, 1.54) is 6.07 Å². The first-order valence-corrected chi connectivity index (χ1v) is 7.20. The molecule has 2 aromatic carbocycles. The Morgan fingerprint density at radius 2 is 2.05 bits per heavy atom. The largest absolute Gasteiger partial charge is 0.399 e. The molecule has 0 atom stereocenters. The minimum absolute atomic E-state index is 0.193. The van der Waals surface area contributed by atoms with E-state index in [1.807, 2.05) is 6.92 Å². The zero-order chi connectivity index (χ0) is 15.4. The lowest BCUT2D eigenvalue weighted by molar-refractivity contribution is 0.0956. The number of benzene rings is 2. The van der Waals surface area contributed by atoms with Gasteiger partial charge in [0, 0.05) is 17.9 Å². The summed E-state index contributed by atoms with van der Waals surface area (Å²) in [4.78, 5) is 12.0. The van der Waals surface area contributed by atoms with Crippen molar-refractivity contribution in [2.75, 3.05) is 17.6 Å². The maximum atomic E-state index is 13.3. The van der Waals surface area contributed by atoms with E-state index >= 15 is 0 Å². The lowest BCUT2D eigenvalue weighted by Gasteiger charge is -2.13. The fourth-order valence-electron chi connectivity index (χ4n) is 1.85.